The molecule has 0 atom stereocenters. The molecule has 0 radical (unpaired) electrons. The van der Waals surface area contributed by atoms with Gasteiger partial charge in [0, 0.05) is 56.2 Å². The Morgan fingerprint density at radius 3 is 2.42 bits per heavy atom. The zero-order valence-corrected chi connectivity index (χ0v) is 13.8. The molecule has 126 valence electrons. The van der Waals surface area contributed by atoms with Gasteiger partial charge in [0.15, 0.2) is 5.75 Å². The summed E-state index contributed by atoms with van der Waals surface area (Å²) in [6.45, 7) is 4.73. The van der Waals surface area contributed by atoms with E-state index in [1.165, 1.54) is 5.69 Å². The summed E-state index contributed by atoms with van der Waals surface area (Å²) >= 11 is 0. The van der Waals surface area contributed by atoms with Crippen molar-refractivity contribution in [2.45, 2.75) is 25.4 Å². The first kappa shape index (κ1) is 15.3. The molecule has 0 bridgehead atoms. The van der Waals surface area contributed by atoms with E-state index in [0.717, 1.165) is 51.3 Å². The molecule has 5 heteroatoms. The van der Waals surface area contributed by atoms with Crippen molar-refractivity contribution in [3.05, 3.63) is 58.5 Å². The van der Waals surface area contributed by atoms with E-state index in [-0.39, 0.29) is 11.2 Å². The van der Waals surface area contributed by atoms with Crippen molar-refractivity contribution in [1.82, 2.24) is 9.47 Å². The minimum Gasteiger partial charge on any atom is -0.503 e. The Kier molecular flexibility index (Phi) is 4.02. The number of nitrogens with zero attached hydrogens (tertiary/aromatic N) is 3. The lowest BCUT2D eigenvalue weighted by molar-refractivity contribution is 0.242. The van der Waals surface area contributed by atoms with Gasteiger partial charge in [-0.3, -0.25) is 9.69 Å². The molecule has 2 aromatic rings. The number of para-hydroxylation sites is 1. The van der Waals surface area contributed by atoms with Crippen molar-refractivity contribution in [3.8, 4) is 5.75 Å². The third-order valence-corrected chi connectivity index (χ3v) is 4.96. The third-order valence-electron chi connectivity index (χ3n) is 4.96. The number of aromatic hydroxyl groups is 1. The second-order valence-electron chi connectivity index (χ2n) is 6.75. The van der Waals surface area contributed by atoms with Crippen LogP contribution in [0.5, 0.6) is 5.75 Å². The highest BCUT2D eigenvalue weighted by Gasteiger charge is 2.26. The molecular formula is C19H23N3O2. The normalized spacial score (nSPS) is 18.8. The van der Waals surface area contributed by atoms with E-state index in [0.29, 0.717) is 6.04 Å². The molecule has 1 aromatic carbocycles. The second kappa shape index (κ2) is 6.32. The third kappa shape index (κ3) is 3.17. The Labute approximate surface area is 141 Å². The number of piperazine rings is 1. The van der Waals surface area contributed by atoms with E-state index in [1.807, 2.05) is 6.07 Å². The lowest BCUT2D eigenvalue weighted by Crippen LogP contribution is -2.46. The number of rotatable bonds is 4. The first-order chi connectivity index (χ1) is 11.7. The van der Waals surface area contributed by atoms with Gasteiger partial charge in [-0.25, -0.2) is 0 Å². The van der Waals surface area contributed by atoms with E-state index in [2.05, 4.69) is 38.6 Å². The first-order valence-corrected chi connectivity index (χ1v) is 8.67. The van der Waals surface area contributed by atoms with Gasteiger partial charge in [-0.1, -0.05) is 18.2 Å². The largest absolute Gasteiger partial charge is 0.503 e. The predicted molar refractivity (Wildman–Crippen MR) is 94.6 cm³/mol. The highest BCUT2D eigenvalue weighted by molar-refractivity contribution is 5.46. The molecule has 4 rings (SSSR count). The Balaban J connectivity index is 1.44. The van der Waals surface area contributed by atoms with Gasteiger partial charge in [-0.15, -0.1) is 0 Å². The maximum Gasteiger partial charge on any atom is 0.223 e. The number of hydrogen-bond acceptors (Lipinski definition) is 4. The summed E-state index contributed by atoms with van der Waals surface area (Å²) in [6.07, 6.45) is 3.89. The van der Waals surface area contributed by atoms with Crippen LogP contribution in [0.3, 0.4) is 0 Å². The maximum atomic E-state index is 11.8. The number of anilines is 1. The molecule has 1 N–H and O–H groups in total. The lowest BCUT2D eigenvalue weighted by Gasteiger charge is -2.36. The summed E-state index contributed by atoms with van der Waals surface area (Å²) in [4.78, 5) is 16.6. The van der Waals surface area contributed by atoms with Crippen LogP contribution >= 0.6 is 0 Å². The number of pyridine rings is 1. The molecule has 0 amide bonds. The summed E-state index contributed by atoms with van der Waals surface area (Å²) in [7, 11) is 0. The maximum absolute atomic E-state index is 11.8. The van der Waals surface area contributed by atoms with Crippen LogP contribution in [0.25, 0.3) is 0 Å². The summed E-state index contributed by atoms with van der Waals surface area (Å²) in [6, 6.07) is 12.6. The molecule has 1 aliphatic carbocycles. The molecule has 2 aliphatic rings. The van der Waals surface area contributed by atoms with E-state index in [1.54, 1.807) is 12.3 Å². The number of hydrogen-bond donors (Lipinski definition) is 1. The van der Waals surface area contributed by atoms with Gasteiger partial charge < -0.3 is 14.6 Å². The molecule has 0 spiro atoms. The second-order valence-corrected chi connectivity index (χ2v) is 6.75. The zero-order valence-electron chi connectivity index (χ0n) is 13.8. The van der Waals surface area contributed by atoms with E-state index in [9.17, 15) is 9.90 Å². The van der Waals surface area contributed by atoms with Crippen molar-refractivity contribution < 1.29 is 5.11 Å². The number of aromatic nitrogens is 1. The Bertz CT molecular complexity index is 760. The molecule has 1 saturated heterocycles. The van der Waals surface area contributed by atoms with Gasteiger partial charge in [0.2, 0.25) is 5.43 Å². The topological polar surface area (TPSA) is 48.7 Å². The average molecular weight is 325 g/mol. The monoisotopic (exact) mass is 325 g/mol. The smallest absolute Gasteiger partial charge is 0.223 e. The van der Waals surface area contributed by atoms with Crippen molar-refractivity contribution in [1.29, 1.82) is 0 Å². The summed E-state index contributed by atoms with van der Waals surface area (Å²) in [5.74, 6) is -0.139. The van der Waals surface area contributed by atoms with E-state index in [4.69, 9.17) is 0 Å². The zero-order chi connectivity index (χ0) is 16.5. The summed E-state index contributed by atoms with van der Waals surface area (Å²) in [5, 5.41) is 9.71. The van der Waals surface area contributed by atoms with Gasteiger partial charge in [0.05, 0.1) is 6.20 Å². The van der Waals surface area contributed by atoms with Gasteiger partial charge in [0.25, 0.3) is 0 Å². The Morgan fingerprint density at radius 1 is 1.04 bits per heavy atom. The predicted octanol–water partition coefficient (Wildman–Crippen LogP) is 2.21. The van der Waals surface area contributed by atoms with Crippen LogP contribution in [-0.4, -0.2) is 40.8 Å². The fraction of sp³-hybridized carbons (Fsp3) is 0.421. The van der Waals surface area contributed by atoms with Crippen LogP contribution < -0.4 is 10.3 Å². The van der Waals surface area contributed by atoms with Crippen LogP contribution in [-0.2, 0) is 6.54 Å². The fourth-order valence-corrected chi connectivity index (χ4v) is 3.43. The van der Waals surface area contributed by atoms with E-state index >= 15 is 0 Å². The van der Waals surface area contributed by atoms with Crippen LogP contribution in [0.15, 0.2) is 47.4 Å². The highest BCUT2D eigenvalue weighted by atomic mass is 16.3. The quantitative estimate of drug-likeness (QED) is 0.936. The molecule has 0 unspecified atom stereocenters. The molecule has 5 nitrogen and oxygen atoms in total. The standard InChI is InChI=1S/C19H23N3O2/c23-18-12-17(22(14-19(18)24)16-6-7-16)13-20-8-10-21(11-9-20)15-4-2-1-3-5-15/h1-5,12,14,16,24H,6-11,13H2. The van der Waals surface area contributed by atoms with Gasteiger partial charge in [-0.05, 0) is 25.0 Å². The SMILES string of the molecule is O=c1cc(CN2CCN(c3ccccc3)CC2)n(C2CC2)cc1O. The lowest BCUT2D eigenvalue weighted by atomic mass is 10.2. The molecule has 1 aromatic heterocycles. The van der Waals surface area contributed by atoms with Gasteiger partial charge in [0.1, 0.15) is 0 Å². The minimum absolute atomic E-state index is 0.139. The van der Waals surface area contributed by atoms with Gasteiger partial charge in [-0.2, -0.15) is 0 Å². The van der Waals surface area contributed by atoms with Crippen LogP contribution in [0, 0.1) is 0 Å². The van der Waals surface area contributed by atoms with E-state index < -0.39 is 0 Å². The molecule has 2 heterocycles. The van der Waals surface area contributed by atoms with Crippen molar-refractivity contribution in [3.63, 3.8) is 0 Å². The Morgan fingerprint density at radius 2 is 1.75 bits per heavy atom. The molecule has 1 aliphatic heterocycles. The van der Waals surface area contributed by atoms with Crippen molar-refractivity contribution in [2.24, 2.45) is 0 Å². The van der Waals surface area contributed by atoms with Crippen LogP contribution in [0.1, 0.15) is 24.6 Å². The minimum atomic E-state index is -0.273. The van der Waals surface area contributed by atoms with Crippen molar-refractivity contribution in [2.75, 3.05) is 31.1 Å². The average Bonchev–Trinajstić information content (AvgIpc) is 3.44. The summed E-state index contributed by atoms with van der Waals surface area (Å²) in [5.41, 5.74) is 2.02. The van der Waals surface area contributed by atoms with Crippen LogP contribution in [0.4, 0.5) is 5.69 Å². The number of benzene rings is 1. The fourth-order valence-electron chi connectivity index (χ4n) is 3.43. The molecular weight excluding hydrogens is 302 g/mol. The summed E-state index contributed by atoms with van der Waals surface area (Å²) < 4.78 is 2.10. The van der Waals surface area contributed by atoms with Gasteiger partial charge >= 0.3 is 0 Å². The molecule has 2 fully saturated rings. The highest BCUT2D eigenvalue weighted by Crippen LogP contribution is 2.36. The molecule has 24 heavy (non-hydrogen) atoms. The van der Waals surface area contributed by atoms with Crippen molar-refractivity contribution >= 4 is 5.69 Å². The molecule has 1 saturated carbocycles. The van der Waals surface area contributed by atoms with Crippen LogP contribution in [0.2, 0.25) is 0 Å². The first-order valence-electron chi connectivity index (χ1n) is 8.67. The Hall–Kier alpha value is -2.27.